The summed E-state index contributed by atoms with van der Waals surface area (Å²) >= 11 is 3.42. The van der Waals surface area contributed by atoms with Gasteiger partial charge in [-0.05, 0) is 47.6 Å². The summed E-state index contributed by atoms with van der Waals surface area (Å²) in [6, 6.07) is 2.00. The van der Waals surface area contributed by atoms with Crippen LogP contribution < -0.4 is 4.74 Å². The molecule has 112 valence electrons. The molecule has 5 heteroatoms. The molecule has 1 aromatic carbocycles. The third-order valence-electron chi connectivity index (χ3n) is 5.01. The number of hydrogen-bond acceptors (Lipinski definition) is 4. The van der Waals surface area contributed by atoms with Crippen LogP contribution >= 0.6 is 15.9 Å². The second-order valence-corrected chi connectivity index (χ2v) is 7.22. The highest BCUT2D eigenvalue weighted by Gasteiger charge is 2.52. The molecule has 1 aromatic rings. The molecule has 0 saturated carbocycles. The van der Waals surface area contributed by atoms with E-state index in [0.717, 1.165) is 25.1 Å². The molecule has 0 unspecified atom stereocenters. The van der Waals surface area contributed by atoms with Gasteiger partial charge in [-0.15, -0.1) is 0 Å². The third kappa shape index (κ3) is 1.81. The van der Waals surface area contributed by atoms with Crippen molar-refractivity contribution >= 4 is 15.9 Å². The van der Waals surface area contributed by atoms with Gasteiger partial charge in [0.25, 0.3) is 0 Å². The zero-order valence-electron chi connectivity index (χ0n) is 11.8. The Morgan fingerprint density at radius 1 is 1.48 bits per heavy atom. The number of aromatic hydroxyl groups is 1. The Balaban J connectivity index is 1.99. The van der Waals surface area contributed by atoms with Crippen LogP contribution in [0.2, 0.25) is 0 Å². The molecule has 0 radical (unpaired) electrons. The third-order valence-corrected chi connectivity index (χ3v) is 5.61. The van der Waals surface area contributed by atoms with Crippen molar-refractivity contribution in [2.45, 2.75) is 37.0 Å². The summed E-state index contributed by atoms with van der Waals surface area (Å²) in [6.07, 6.45) is 4.93. The number of ether oxygens (including phenoxy) is 1. The van der Waals surface area contributed by atoms with E-state index in [1.54, 1.807) is 0 Å². The van der Waals surface area contributed by atoms with Crippen LogP contribution in [0.4, 0.5) is 0 Å². The van der Waals surface area contributed by atoms with E-state index in [1.807, 2.05) is 12.1 Å². The largest absolute Gasteiger partial charge is 0.503 e. The number of rotatable bonds is 0. The van der Waals surface area contributed by atoms with Crippen LogP contribution in [0.15, 0.2) is 22.7 Å². The molecule has 0 amide bonds. The van der Waals surface area contributed by atoms with Gasteiger partial charge in [0.05, 0.1) is 16.0 Å². The lowest BCUT2D eigenvalue weighted by atomic mass is 9.69. The number of aliphatic hydroxyl groups is 1. The van der Waals surface area contributed by atoms with Crippen molar-refractivity contribution in [2.75, 3.05) is 13.6 Å². The minimum Gasteiger partial charge on any atom is -0.503 e. The summed E-state index contributed by atoms with van der Waals surface area (Å²) < 4.78 is 6.76. The first kappa shape index (κ1) is 13.6. The summed E-state index contributed by atoms with van der Waals surface area (Å²) in [5.74, 6) is 0.772. The number of halogens is 1. The van der Waals surface area contributed by atoms with Crippen molar-refractivity contribution in [3.05, 3.63) is 33.8 Å². The average molecular weight is 352 g/mol. The van der Waals surface area contributed by atoms with E-state index < -0.39 is 6.10 Å². The molecule has 0 saturated heterocycles. The van der Waals surface area contributed by atoms with E-state index in [-0.39, 0.29) is 17.3 Å². The SMILES string of the molecule is CN1CC[C@@]23C=C[C@H](O)C[C@@H]2Oc2c(O)c(Br)cc(c23)C1. The molecule has 0 bridgehead atoms. The van der Waals surface area contributed by atoms with E-state index in [9.17, 15) is 10.2 Å². The van der Waals surface area contributed by atoms with E-state index in [2.05, 4.69) is 34.0 Å². The first-order chi connectivity index (χ1) is 10.0. The van der Waals surface area contributed by atoms with Crippen LogP contribution in [0.25, 0.3) is 0 Å². The fraction of sp³-hybridized carbons (Fsp3) is 0.500. The Bertz CT molecular complexity index is 645. The summed E-state index contributed by atoms with van der Waals surface area (Å²) in [5.41, 5.74) is 2.09. The lowest BCUT2D eigenvalue weighted by molar-refractivity contribution is 0.0821. The highest BCUT2D eigenvalue weighted by atomic mass is 79.9. The van der Waals surface area contributed by atoms with Gasteiger partial charge in [-0.25, -0.2) is 0 Å². The molecular formula is C16H18BrNO3. The van der Waals surface area contributed by atoms with E-state index in [4.69, 9.17) is 4.74 Å². The molecule has 3 atom stereocenters. The molecule has 4 nitrogen and oxygen atoms in total. The number of phenolic OH excluding ortho intramolecular Hbond substituents is 1. The maximum absolute atomic E-state index is 10.4. The predicted molar refractivity (Wildman–Crippen MR) is 82.6 cm³/mol. The number of aliphatic hydroxyl groups excluding tert-OH is 1. The second kappa shape index (κ2) is 4.48. The summed E-state index contributed by atoms with van der Waals surface area (Å²) in [5, 5.41) is 20.3. The van der Waals surface area contributed by atoms with Crippen molar-refractivity contribution in [1.29, 1.82) is 0 Å². The highest BCUT2D eigenvalue weighted by molar-refractivity contribution is 9.10. The minimum absolute atomic E-state index is 0.0991. The van der Waals surface area contributed by atoms with Crippen LogP contribution in [0, 0.1) is 0 Å². The quantitative estimate of drug-likeness (QED) is 0.704. The van der Waals surface area contributed by atoms with E-state index in [1.165, 1.54) is 5.56 Å². The van der Waals surface area contributed by atoms with Crippen LogP contribution in [-0.4, -0.2) is 40.9 Å². The molecule has 3 aliphatic rings. The molecule has 2 N–H and O–H groups in total. The fourth-order valence-corrected chi connectivity index (χ4v) is 4.43. The molecule has 21 heavy (non-hydrogen) atoms. The van der Waals surface area contributed by atoms with Crippen molar-refractivity contribution in [1.82, 2.24) is 4.90 Å². The summed E-state index contributed by atoms with van der Waals surface area (Å²) in [7, 11) is 2.11. The normalized spacial score (nSPS) is 34.0. The minimum atomic E-state index is -0.468. The molecule has 0 fully saturated rings. The zero-order valence-corrected chi connectivity index (χ0v) is 13.4. The molecule has 1 spiro atoms. The van der Waals surface area contributed by atoms with Gasteiger partial charge in [0.1, 0.15) is 6.10 Å². The van der Waals surface area contributed by atoms with E-state index in [0.29, 0.717) is 16.6 Å². The van der Waals surface area contributed by atoms with Gasteiger partial charge in [-0.1, -0.05) is 12.2 Å². The Morgan fingerprint density at radius 3 is 3.10 bits per heavy atom. The lowest BCUT2D eigenvalue weighted by Crippen LogP contribution is -2.42. The molecule has 4 rings (SSSR count). The first-order valence-corrected chi connectivity index (χ1v) is 8.08. The van der Waals surface area contributed by atoms with E-state index >= 15 is 0 Å². The van der Waals surface area contributed by atoms with Gasteiger partial charge in [-0.2, -0.15) is 0 Å². The van der Waals surface area contributed by atoms with Crippen molar-refractivity contribution in [2.24, 2.45) is 0 Å². The molecule has 2 aliphatic heterocycles. The number of nitrogens with zero attached hydrogens (tertiary/aromatic N) is 1. The smallest absolute Gasteiger partial charge is 0.172 e. The monoisotopic (exact) mass is 351 g/mol. The number of phenols is 1. The first-order valence-electron chi connectivity index (χ1n) is 7.29. The molecule has 1 aliphatic carbocycles. The van der Waals surface area contributed by atoms with Gasteiger partial charge in [0, 0.05) is 18.5 Å². The molecule has 0 aromatic heterocycles. The summed E-state index contributed by atoms with van der Waals surface area (Å²) in [6.45, 7) is 1.81. The summed E-state index contributed by atoms with van der Waals surface area (Å²) in [4.78, 5) is 2.29. The van der Waals surface area contributed by atoms with Crippen LogP contribution in [0.5, 0.6) is 11.5 Å². The maximum atomic E-state index is 10.4. The van der Waals surface area contributed by atoms with Gasteiger partial charge < -0.3 is 19.8 Å². The van der Waals surface area contributed by atoms with Gasteiger partial charge in [0.2, 0.25) is 0 Å². The van der Waals surface area contributed by atoms with Gasteiger partial charge >= 0.3 is 0 Å². The van der Waals surface area contributed by atoms with Crippen molar-refractivity contribution < 1.29 is 14.9 Å². The number of hydrogen-bond donors (Lipinski definition) is 2. The predicted octanol–water partition coefficient (Wildman–Crippen LogP) is 2.31. The number of benzene rings is 1. The van der Waals surface area contributed by atoms with Gasteiger partial charge in [-0.3, -0.25) is 0 Å². The Morgan fingerprint density at radius 2 is 2.29 bits per heavy atom. The molecular weight excluding hydrogens is 334 g/mol. The highest BCUT2D eigenvalue weighted by Crippen LogP contribution is 2.57. The van der Waals surface area contributed by atoms with Gasteiger partial charge in [0.15, 0.2) is 11.5 Å². The maximum Gasteiger partial charge on any atom is 0.172 e. The van der Waals surface area contributed by atoms with Crippen molar-refractivity contribution in [3.8, 4) is 11.5 Å². The Hall–Kier alpha value is -1.04. The fourth-order valence-electron chi connectivity index (χ4n) is 3.97. The zero-order chi connectivity index (χ0) is 14.8. The van der Waals surface area contributed by atoms with Crippen molar-refractivity contribution in [3.63, 3.8) is 0 Å². The standard InChI is InChI=1S/C16H18BrNO3/c1-18-5-4-16-3-2-10(19)7-12(16)21-15-13(16)9(8-18)6-11(17)14(15)20/h2-3,6,10,12,19-20H,4-5,7-8H2,1H3/t10-,12-,16-/m0/s1. The average Bonchev–Trinajstić information content (AvgIpc) is 2.70. The van der Waals surface area contributed by atoms with Crippen LogP contribution in [0.3, 0.4) is 0 Å². The second-order valence-electron chi connectivity index (χ2n) is 6.37. The van der Waals surface area contributed by atoms with Crippen LogP contribution in [0.1, 0.15) is 24.0 Å². The Kier molecular flexibility index (Phi) is 2.90. The molecule has 2 heterocycles. The Labute approximate surface area is 132 Å². The lowest BCUT2D eigenvalue weighted by Gasteiger charge is -2.35. The van der Waals surface area contributed by atoms with Crippen LogP contribution in [-0.2, 0) is 12.0 Å². The topological polar surface area (TPSA) is 52.9 Å².